The molecular weight excluding hydrogens is 242 g/mol. The van der Waals surface area contributed by atoms with Crippen molar-refractivity contribution >= 4 is 11.4 Å². The lowest BCUT2D eigenvalue weighted by Gasteiger charge is -2.10. The molecule has 0 radical (unpaired) electrons. The lowest BCUT2D eigenvalue weighted by atomic mass is 10.2. The van der Waals surface area contributed by atoms with Crippen molar-refractivity contribution in [2.75, 3.05) is 17.7 Å². The number of anilines is 2. The van der Waals surface area contributed by atoms with Crippen LogP contribution in [0.4, 0.5) is 11.4 Å². The van der Waals surface area contributed by atoms with Gasteiger partial charge in [-0.05, 0) is 25.5 Å². The molecule has 0 bridgehead atoms. The zero-order valence-electron chi connectivity index (χ0n) is 11.3. The molecule has 0 spiro atoms. The zero-order chi connectivity index (χ0) is 13.7. The van der Waals surface area contributed by atoms with Gasteiger partial charge in [-0.1, -0.05) is 12.1 Å². The molecule has 5 nitrogen and oxygen atoms in total. The van der Waals surface area contributed by atoms with Crippen LogP contribution in [0.5, 0.6) is 5.75 Å². The molecule has 0 unspecified atom stereocenters. The van der Waals surface area contributed by atoms with Crippen molar-refractivity contribution in [3.05, 3.63) is 35.7 Å². The number of nitrogens with zero attached hydrogens (tertiary/aromatic N) is 1. The van der Waals surface area contributed by atoms with Crippen molar-refractivity contribution in [1.82, 2.24) is 5.16 Å². The smallest absolute Gasteiger partial charge is 0.156 e. The summed E-state index contributed by atoms with van der Waals surface area (Å²) in [6.07, 6.45) is 0.953. The highest BCUT2D eigenvalue weighted by molar-refractivity contribution is 5.61. The molecule has 0 aliphatic carbocycles. The van der Waals surface area contributed by atoms with Crippen molar-refractivity contribution in [3.8, 4) is 5.75 Å². The summed E-state index contributed by atoms with van der Waals surface area (Å²) in [5, 5.41) is 7.09. The van der Waals surface area contributed by atoms with Crippen LogP contribution in [0.25, 0.3) is 0 Å². The first-order valence-electron chi connectivity index (χ1n) is 6.37. The van der Waals surface area contributed by atoms with Gasteiger partial charge in [0.2, 0.25) is 0 Å². The van der Waals surface area contributed by atoms with Gasteiger partial charge in [-0.2, -0.15) is 0 Å². The van der Waals surface area contributed by atoms with E-state index in [2.05, 4.69) is 17.4 Å². The minimum Gasteiger partial charge on any atom is -0.491 e. The van der Waals surface area contributed by atoms with Gasteiger partial charge in [-0.15, -0.1) is 0 Å². The average Bonchev–Trinajstić information content (AvgIpc) is 2.82. The van der Waals surface area contributed by atoms with Crippen LogP contribution in [-0.4, -0.2) is 11.8 Å². The summed E-state index contributed by atoms with van der Waals surface area (Å²) in [5.41, 5.74) is 8.32. The molecular formula is C14H19N3O2. The molecule has 0 fully saturated rings. The Morgan fingerprint density at radius 2 is 2.21 bits per heavy atom. The van der Waals surface area contributed by atoms with Gasteiger partial charge in [0.1, 0.15) is 5.75 Å². The van der Waals surface area contributed by atoms with Crippen LogP contribution in [0.1, 0.15) is 24.8 Å². The first-order chi connectivity index (χ1) is 9.19. The number of rotatable bonds is 6. The molecule has 0 saturated carbocycles. The van der Waals surface area contributed by atoms with Crippen molar-refractivity contribution in [2.24, 2.45) is 0 Å². The number of aryl methyl sites for hydroxylation is 1. The number of nitrogens with two attached hydrogens (primary N) is 1. The summed E-state index contributed by atoms with van der Waals surface area (Å²) in [6, 6.07) is 7.54. The quantitative estimate of drug-likeness (QED) is 0.782. The normalized spacial score (nSPS) is 10.4. The molecule has 0 atom stereocenters. The van der Waals surface area contributed by atoms with Crippen molar-refractivity contribution < 1.29 is 9.26 Å². The molecule has 1 heterocycles. The Balaban J connectivity index is 2.00. The van der Waals surface area contributed by atoms with E-state index in [1.54, 1.807) is 0 Å². The minimum absolute atomic E-state index is 0.581. The third-order valence-corrected chi connectivity index (χ3v) is 2.62. The lowest BCUT2D eigenvalue weighted by molar-refractivity contribution is 0.319. The average molecular weight is 261 g/mol. The largest absolute Gasteiger partial charge is 0.491 e. The number of nitrogens with one attached hydrogen (secondary N) is 1. The summed E-state index contributed by atoms with van der Waals surface area (Å²) in [5.74, 6) is 1.51. The molecule has 1 aromatic heterocycles. The second-order valence-corrected chi connectivity index (χ2v) is 4.39. The van der Waals surface area contributed by atoms with Gasteiger partial charge in [0.25, 0.3) is 0 Å². The highest BCUT2D eigenvalue weighted by Crippen LogP contribution is 2.26. The van der Waals surface area contributed by atoms with Crippen molar-refractivity contribution in [3.63, 3.8) is 0 Å². The summed E-state index contributed by atoms with van der Waals surface area (Å²) in [7, 11) is 0. The van der Waals surface area contributed by atoms with E-state index in [9.17, 15) is 0 Å². The minimum atomic E-state index is 0.581. The predicted molar refractivity (Wildman–Crippen MR) is 75.2 cm³/mol. The topological polar surface area (TPSA) is 73.3 Å². The predicted octanol–water partition coefficient (Wildman–Crippen LogP) is 2.97. The molecule has 0 aliphatic heterocycles. The number of ether oxygens (including phenoxy) is 1. The van der Waals surface area contributed by atoms with E-state index in [0.717, 1.165) is 23.6 Å². The lowest BCUT2D eigenvalue weighted by Crippen LogP contribution is -2.02. The maximum atomic E-state index is 5.86. The SMILES string of the molecule is CCCOc1cc(NCc2cc(C)no2)ccc1N. The molecule has 1 aromatic carbocycles. The summed E-state index contributed by atoms with van der Waals surface area (Å²) < 4.78 is 10.7. The Morgan fingerprint density at radius 1 is 1.37 bits per heavy atom. The summed E-state index contributed by atoms with van der Waals surface area (Å²) in [6.45, 7) is 5.20. The Kier molecular flexibility index (Phi) is 4.28. The Bertz CT molecular complexity index is 537. The molecule has 102 valence electrons. The molecule has 2 aromatic rings. The maximum Gasteiger partial charge on any atom is 0.156 e. The van der Waals surface area contributed by atoms with E-state index in [4.69, 9.17) is 15.0 Å². The van der Waals surface area contributed by atoms with Crippen LogP contribution in [0.2, 0.25) is 0 Å². The second-order valence-electron chi connectivity index (χ2n) is 4.39. The maximum absolute atomic E-state index is 5.86. The number of nitrogen functional groups attached to an aromatic ring is 1. The third-order valence-electron chi connectivity index (χ3n) is 2.62. The molecule has 0 aliphatic rings. The van der Waals surface area contributed by atoms with Crippen molar-refractivity contribution in [2.45, 2.75) is 26.8 Å². The van der Waals surface area contributed by atoms with E-state index in [0.29, 0.717) is 24.6 Å². The first kappa shape index (κ1) is 13.3. The van der Waals surface area contributed by atoms with Gasteiger partial charge < -0.3 is 20.3 Å². The Hall–Kier alpha value is -2.17. The molecule has 2 rings (SSSR count). The van der Waals surface area contributed by atoms with Gasteiger partial charge in [0, 0.05) is 17.8 Å². The Labute approximate surface area is 112 Å². The van der Waals surface area contributed by atoms with E-state index < -0.39 is 0 Å². The second kappa shape index (κ2) is 6.13. The fraction of sp³-hybridized carbons (Fsp3) is 0.357. The standard InChI is InChI=1S/C14H19N3O2/c1-3-6-18-14-8-11(4-5-13(14)15)16-9-12-7-10(2)17-19-12/h4-5,7-8,16H,3,6,9,15H2,1-2H3. The van der Waals surface area contributed by atoms with Crippen LogP contribution in [0.3, 0.4) is 0 Å². The fourth-order valence-electron chi connectivity index (χ4n) is 1.67. The van der Waals surface area contributed by atoms with Crippen molar-refractivity contribution in [1.29, 1.82) is 0 Å². The van der Waals surface area contributed by atoms with Gasteiger partial charge in [0.05, 0.1) is 24.5 Å². The van der Waals surface area contributed by atoms with Gasteiger partial charge in [-0.3, -0.25) is 0 Å². The van der Waals surface area contributed by atoms with E-state index in [1.165, 1.54) is 0 Å². The summed E-state index contributed by atoms with van der Waals surface area (Å²) in [4.78, 5) is 0. The molecule has 0 saturated heterocycles. The summed E-state index contributed by atoms with van der Waals surface area (Å²) >= 11 is 0. The van der Waals surface area contributed by atoms with Crippen LogP contribution < -0.4 is 15.8 Å². The molecule has 0 amide bonds. The van der Waals surface area contributed by atoms with Gasteiger partial charge >= 0.3 is 0 Å². The van der Waals surface area contributed by atoms with Crippen LogP contribution in [0.15, 0.2) is 28.8 Å². The van der Waals surface area contributed by atoms with Gasteiger partial charge in [-0.25, -0.2) is 0 Å². The fourth-order valence-corrected chi connectivity index (χ4v) is 1.67. The Morgan fingerprint density at radius 3 is 2.89 bits per heavy atom. The molecule has 5 heteroatoms. The number of hydrogen-bond acceptors (Lipinski definition) is 5. The number of benzene rings is 1. The van der Waals surface area contributed by atoms with Crippen LogP contribution in [-0.2, 0) is 6.54 Å². The van der Waals surface area contributed by atoms with E-state index >= 15 is 0 Å². The highest BCUT2D eigenvalue weighted by atomic mass is 16.5. The zero-order valence-corrected chi connectivity index (χ0v) is 11.3. The monoisotopic (exact) mass is 261 g/mol. The molecule has 19 heavy (non-hydrogen) atoms. The number of hydrogen-bond donors (Lipinski definition) is 2. The first-order valence-corrected chi connectivity index (χ1v) is 6.37. The number of aromatic nitrogens is 1. The third kappa shape index (κ3) is 3.64. The van der Waals surface area contributed by atoms with E-state index in [1.807, 2.05) is 31.2 Å². The van der Waals surface area contributed by atoms with Gasteiger partial charge in [0.15, 0.2) is 5.76 Å². The van der Waals surface area contributed by atoms with Crippen LogP contribution >= 0.6 is 0 Å². The van der Waals surface area contributed by atoms with E-state index in [-0.39, 0.29) is 0 Å². The highest BCUT2D eigenvalue weighted by Gasteiger charge is 2.04. The molecule has 3 N–H and O–H groups in total. The van der Waals surface area contributed by atoms with Crippen LogP contribution in [0, 0.1) is 6.92 Å².